The Kier molecular flexibility index (Phi) is 6.95. The van der Waals surface area contributed by atoms with Crippen molar-refractivity contribution in [1.82, 2.24) is 0 Å². The molecule has 0 fully saturated rings. The van der Waals surface area contributed by atoms with Gasteiger partial charge < -0.3 is 23.7 Å². The van der Waals surface area contributed by atoms with Gasteiger partial charge in [-0.15, -0.1) is 0 Å². The molecule has 3 rings (SSSR count). The molecule has 0 saturated heterocycles. The Bertz CT molecular complexity index is 962. The Morgan fingerprint density at radius 1 is 0.967 bits per heavy atom. The summed E-state index contributed by atoms with van der Waals surface area (Å²) in [7, 11) is 4.62. The monoisotopic (exact) mass is 411 g/mol. The van der Waals surface area contributed by atoms with Crippen LogP contribution in [-0.4, -0.2) is 39.8 Å². The summed E-state index contributed by atoms with van der Waals surface area (Å²) in [5, 5.41) is 0. The molecular weight excluding hydrogens is 386 g/mol. The number of cyclic esters (lactones) is 1. The summed E-state index contributed by atoms with van der Waals surface area (Å²) in [5.41, 5.74) is 1.47. The quantitative estimate of drug-likeness (QED) is 0.349. The number of hydrogen-bond donors (Lipinski definition) is 0. The first kappa shape index (κ1) is 21.2. The van der Waals surface area contributed by atoms with Crippen LogP contribution < -0.4 is 18.9 Å². The normalized spacial score (nSPS) is 14.3. The molecule has 0 unspecified atom stereocenters. The molecule has 158 valence electrons. The molecule has 2 aromatic carbocycles. The number of esters is 1. The van der Waals surface area contributed by atoms with Crippen LogP contribution in [0.3, 0.4) is 0 Å². The zero-order valence-corrected chi connectivity index (χ0v) is 17.6. The molecule has 0 bridgehead atoms. The fraction of sp³-hybridized carbons (Fsp3) is 0.304. The predicted molar refractivity (Wildman–Crippen MR) is 114 cm³/mol. The number of rotatable bonds is 9. The number of methoxy groups -OCH3 is 3. The minimum atomic E-state index is -0.537. The van der Waals surface area contributed by atoms with Gasteiger partial charge in [0.05, 0.1) is 27.9 Å². The predicted octanol–water partition coefficient (Wildman–Crippen LogP) is 4.24. The number of carbonyl (C=O) groups is 1. The highest BCUT2D eigenvalue weighted by atomic mass is 16.6. The van der Waals surface area contributed by atoms with Gasteiger partial charge in [0, 0.05) is 17.2 Å². The van der Waals surface area contributed by atoms with E-state index in [1.807, 2.05) is 24.3 Å². The summed E-state index contributed by atoms with van der Waals surface area (Å²) in [6, 6.07) is 10.7. The van der Waals surface area contributed by atoms with Crippen molar-refractivity contribution in [3.63, 3.8) is 0 Å². The molecule has 0 saturated carbocycles. The molecule has 7 nitrogen and oxygen atoms in total. The van der Waals surface area contributed by atoms with E-state index in [9.17, 15) is 4.79 Å². The van der Waals surface area contributed by atoms with Crippen molar-refractivity contribution in [1.29, 1.82) is 0 Å². The third kappa shape index (κ3) is 4.74. The average Bonchev–Trinajstić information content (AvgIpc) is 3.14. The largest absolute Gasteiger partial charge is 0.496 e. The third-order valence-corrected chi connectivity index (χ3v) is 4.52. The fourth-order valence-corrected chi connectivity index (χ4v) is 2.87. The minimum absolute atomic E-state index is 0.166. The van der Waals surface area contributed by atoms with Crippen LogP contribution in [0.4, 0.5) is 0 Å². The number of aliphatic imine (C=N–C) groups is 1. The topological polar surface area (TPSA) is 75.6 Å². The second-order valence-corrected chi connectivity index (χ2v) is 6.51. The number of ether oxygens (including phenoxy) is 5. The fourth-order valence-electron chi connectivity index (χ4n) is 2.87. The van der Waals surface area contributed by atoms with E-state index in [2.05, 4.69) is 11.9 Å². The summed E-state index contributed by atoms with van der Waals surface area (Å²) in [5.74, 6) is 2.03. The van der Waals surface area contributed by atoms with Gasteiger partial charge in [0.15, 0.2) is 17.2 Å². The van der Waals surface area contributed by atoms with Crippen molar-refractivity contribution in [3.8, 4) is 23.0 Å². The van der Waals surface area contributed by atoms with Gasteiger partial charge in [-0.3, -0.25) is 0 Å². The molecule has 30 heavy (non-hydrogen) atoms. The highest BCUT2D eigenvalue weighted by molar-refractivity contribution is 6.13. The zero-order valence-electron chi connectivity index (χ0n) is 17.6. The van der Waals surface area contributed by atoms with Gasteiger partial charge in [-0.1, -0.05) is 13.3 Å². The van der Waals surface area contributed by atoms with Crippen LogP contribution in [-0.2, 0) is 9.53 Å². The lowest BCUT2D eigenvalue weighted by Crippen LogP contribution is -2.05. The molecule has 1 aliphatic rings. The van der Waals surface area contributed by atoms with Crippen molar-refractivity contribution < 1.29 is 28.5 Å². The van der Waals surface area contributed by atoms with Crippen LogP contribution in [0.2, 0.25) is 0 Å². The smallest absolute Gasteiger partial charge is 0.363 e. The Morgan fingerprint density at radius 3 is 2.27 bits per heavy atom. The van der Waals surface area contributed by atoms with Crippen LogP contribution in [0.25, 0.3) is 6.08 Å². The van der Waals surface area contributed by atoms with Gasteiger partial charge in [0.2, 0.25) is 5.90 Å². The first-order valence-electron chi connectivity index (χ1n) is 9.65. The maximum Gasteiger partial charge on any atom is 0.363 e. The lowest BCUT2D eigenvalue weighted by molar-refractivity contribution is -0.129. The second kappa shape index (κ2) is 9.82. The molecule has 1 aliphatic heterocycles. The Hall–Kier alpha value is -3.48. The summed E-state index contributed by atoms with van der Waals surface area (Å²) < 4.78 is 27.0. The van der Waals surface area contributed by atoms with Crippen LogP contribution in [0.1, 0.15) is 30.9 Å². The third-order valence-electron chi connectivity index (χ3n) is 4.52. The van der Waals surface area contributed by atoms with Crippen LogP contribution >= 0.6 is 0 Å². The first-order valence-corrected chi connectivity index (χ1v) is 9.65. The Balaban J connectivity index is 1.86. The van der Waals surface area contributed by atoms with Gasteiger partial charge in [0.1, 0.15) is 11.5 Å². The number of nitrogens with zero attached hydrogens (tertiary/aromatic N) is 1. The molecule has 0 aromatic heterocycles. The maximum atomic E-state index is 12.4. The Morgan fingerprint density at radius 2 is 1.63 bits per heavy atom. The van der Waals surface area contributed by atoms with Crippen molar-refractivity contribution in [3.05, 3.63) is 53.2 Å². The molecule has 0 radical (unpaired) electrons. The van der Waals surface area contributed by atoms with Crippen LogP contribution in [0, 0.1) is 0 Å². The highest BCUT2D eigenvalue weighted by Gasteiger charge is 2.25. The SMILES string of the molecule is CCCCOc1ccc(C2=N/C(=C\c3cc(OC)c(OC)cc3OC)C(=O)O2)cc1. The van der Waals surface area contributed by atoms with Crippen molar-refractivity contribution in [2.24, 2.45) is 4.99 Å². The van der Waals surface area contributed by atoms with E-state index in [4.69, 9.17) is 23.7 Å². The molecule has 0 spiro atoms. The second-order valence-electron chi connectivity index (χ2n) is 6.51. The molecule has 0 amide bonds. The van der Waals surface area contributed by atoms with Crippen molar-refractivity contribution >= 4 is 17.9 Å². The molecular formula is C23H25NO6. The molecule has 1 heterocycles. The number of unbranched alkanes of at least 4 members (excludes halogenated alkanes) is 1. The van der Waals surface area contributed by atoms with Crippen molar-refractivity contribution in [2.75, 3.05) is 27.9 Å². The summed E-state index contributed by atoms with van der Waals surface area (Å²) in [6.07, 6.45) is 3.67. The average molecular weight is 411 g/mol. The van der Waals surface area contributed by atoms with Gasteiger partial charge in [-0.05, 0) is 42.8 Å². The summed E-state index contributed by atoms with van der Waals surface area (Å²) in [6.45, 7) is 2.79. The maximum absolute atomic E-state index is 12.4. The van der Waals surface area contributed by atoms with E-state index in [0.717, 1.165) is 18.6 Å². The van der Waals surface area contributed by atoms with Crippen LogP contribution in [0.15, 0.2) is 47.1 Å². The lowest BCUT2D eigenvalue weighted by Gasteiger charge is -2.12. The van der Waals surface area contributed by atoms with Gasteiger partial charge in [-0.25, -0.2) is 9.79 Å². The molecule has 7 heteroatoms. The summed E-state index contributed by atoms with van der Waals surface area (Å²) >= 11 is 0. The Labute approximate surface area is 175 Å². The molecule has 2 aromatic rings. The minimum Gasteiger partial charge on any atom is -0.496 e. The highest BCUT2D eigenvalue weighted by Crippen LogP contribution is 2.36. The zero-order chi connectivity index (χ0) is 21.5. The van der Waals surface area contributed by atoms with Gasteiger partial charge in [0.25, 0.3) is 0 Å². The first-order chi connectivity index (χ1) is 14.6. The number of benzene rings is 2. The molecule has 0 aliphatic carbocycles. The van der Waals surface area contributed by atoms with Gasteiger partial charge >= 0.3 is 5.97 Å². The summed E-state index contributed by atoms with van der Waals surface area (Å²) in [4.78, 5) is 16.7. The number of hydrogen-bond acceptors (Lipinski definition) is 7. The molecule has 0 N–H and O–H groups in total. The van der Waals surface area contributed by atoms with Gasteiger partial charge in [-0.2, -0.15) is 0 Å². The van der Waals surface area contributed by atoms with E-state index >= 15 is 0 Å². The number of carbonyl (C=O) groups excluding carboxylic acids is 1. The standard InChI is InChI=1S/C23H25NO6/c1-5-6-11-29-17-9-7-15(8-10-17)22-24-18(23(25)30-22)12-16-13-20(27-3)21(28-4)14-19(16)26-2/h7-10,12-14H,5-6,11H2,1-4H3/b18-12-. The van der Waals surface area contributed by atoms with Crippen molar-refractivity contribution in [2.45, 2.75) is 19.8 Å². The van der Waals surface area contributed by atoms with E-state index in [1.54, 1.807) is 25.3 Å². The lowest BCUT2D eigenvalue weighted by atomic mass is 10.1. The molecule has 0 atom stereocenters. The van der Waals surface area contributed by atoms with E-state index < -0.39 is 5.97 Å². The van der Waals surface area contributed by atoms with E-state index in [0.29, 0.717) is 35.0 Å². The van der Waals surface area contributed by atoms with E-state index in [-0.39, 0.29) is 11.6 Å². The van der Waals surface area contributed by atoms with E-state index in [1.165, 1.54) is 14.2 Å². The van der Waals surface area contributed by atoms with Crippen LogP contribution in [0.5, 0.6) is 23.0 Å².